The summed E-state index contributed by atoms with van der Waals surface area (Å²) < 4.78 is 11.8. The van der Waals surface area contributed by atoms with Crippen LogP contribution >= 0.6 is 15.9 Å². The van der Waals surface area contributed by atoms with Gasteiger partial charge in [0.15, 0.2) is 11.5 Å². The summed E-state index contributed by atoms with van der Waals surface area (Å²) in [6.45, 7) is 3.97. The molecule has 3 atom stereocenters. The molecule has 1 aliphatic carbocycles. The predicted molar refractivity (Wildman–Crippen MR) is 88.9 cm³/mol. The van der Waals surface area contributed by atoms with Crippen molar-refractivity contribution in [2.75, 3.05) is 34.4 Å². The molecule has 0 aromatic heterocycles. The van der Waals surface area contributed by atoms with Gasteiger partial charge in [0.2, 0.25) is 0 Å². The molecule has 0 radical (unpaired) electrons. The highest BCUT2D eigenvalue weighted by atomic mass is 79.9. The van der Waals surface area contributed by atoms with Crippen molar-refractivity contribution in [3.63, 3.8) is 0 Å². The van der Waals surface area contributed by atoms with Gasteiger partial charge in [-0.05, 0) is 43.0 Å². The van der Waals surface area contributed by atoms with Crippen molar-refractivity contribution in [2.24, 2.45) is 17.6 Å². The van der Waals surface area contributed by atoms with Gasteiger partial charge < -0.3 is 15.2 Å². The van der Waals surface area contributed by atoms with E-state index in [0.717, 1.165) is 39.9 Å². The third kappa shape index (κ3) is 3.71. The number of nitrogens with zero attached hydrogens (tertiary/aromatic N) is 1. The lowest BCUT2D eigenvalue weighted by molar-refractivity contribution is 0.235. The molecule has 21 heavy (non-hydrogen) atoms. The van der Waals surface area contributed by atoms with E-state index in [4.69, 9.17) is 15.2 Å². The van der Waals surface area contributed by atoms with Gasteiger partial charge in [-0.2, -0.15) is 0 Å². The van der Waals surface area contributed by atoms with Crippen molar-refractivity contribution in [1.82, 2.24) is 4.90 Å². The first kappa shape index (κ1) is 16.6. The zero-order valence-corrected chi connectivity index (χ0v) is 14.8. The standard InChI is InChI=1S/C16H25BrN2O2/c1-10-5-11(10)9-19(2)14(8-18)12-6-15(20-3)16(21-4)7-13(12)17/h6-7,10-11,14H,5,8-9,18H2,1-4H3. The third-order valence-corrected chi connectivity index (χ3v) is 5.10. The van der Waals surface area contributed by atoms with Crippen LogP contribution in [0.4, 0.5) is 0 Å². The second kappa shape index (κ2) is 6.99. The van der Waals surface area contributed by atoms with Crippen LogP contribution in [0.15, 0.2) is 16.6 Å². The second-order valence-electron chi connectivity index (χ2n) is 5.89. The Labute approximate surface area is 135 Å². The Balaban J connectivity index is 2.24. The van der Waals surface area contributed by atoms with Crippen LogP contribution in [0.3, 0.4) is 0 Å². The van der Waals surface area contributed by atoms with Gasteiger partial charge in [-0.15, -0.1) is 0 Å². The number of likely N-dealkylation sites (N-methyl/N-ethyl adjacent to an activating group) is 1. The van der Waals surface area contributed by atoms with Crippen molar-refractivity contribution >= 4 is 15.9 Å². The fourth-order valence-electron chi connectivity index (χ4n) is 2.82. The molecule has 2 N–H and O–H groups in total. The highest BCUT2D eigenvalue weighted by Crippen LogP contribution is 2.41. The highest BCUT2D eigenvalue weighted by molar-refractivity contribution is 9.10. The van der Waals surface area contributed by atoms with Crippen molar-refractivity contribution in [3.05, 3.63) is 22.2 Å². The maximum Gasteiger partial charge on any atom is 0.161 e. The smallest absolute Gasteiger partial charge is 0.161 e. The van der Waals surface area contributed by atoms with E-state index in [9.17, 15) is 0 Å². The first-order valence-electron chi connectivity index (χ1n) is 7.33. The Morgan fingerprint density at radius 2 is 1.90 bits per heavy atom. The van der Waals surface area contributed by atoms with Crippen LogP contribution in [-0.2, 0) is 0 Å². The van der Waals surface area contributed by atoms with E-state index in [1.165, 1.54) is 6.42 Å². The average molecular weight is 357 g/mol. The molecule has 0 heterocycles. The third-order valence-electron chi connectivity index (χ3n) is 4.42. The molecule has 0 saturated heterocycles. The number of benzene rings is 1. The number of hydrogen-bond donors (Lipinski definition) is 1. The van der Waals surface area contributed by atoms with Gasteiger partial charge >= 0.3 is 0 Å². The van der Waals surface area contributed by atoms with E-state index < -0.39 is 0 Å². The molecule has 1 aliphatic rings. The number of methoxy groups -OCH3 is 2. The molecule has 4 nitrogen and oxygen atoms in total. The molecule has 1 aromatic rings. The SMILES string of the molecule is COc1cc(Br)c(C(CN)N(C)CC2CC2C)cc1OC. The summed E-state index contributed by atoms with van der Waals surface area (Å²) in [5.74, 6) is 3.12. The molecule has 1 aromatic carbocycles. The summed E-state index contributed by atoms with van der Waals surface area (Å²) in [6, 6.07) is 4.14. The van der Waals surface area contributed by atoms with Gasteiger partial charge in [0.25, 0.3) is 0 Å². The predicted octanol–water partition coefficient (Wildman–Crippen LogP) is 3.05. The topological polar surface area (TPSA) is 47.7 Å². The number of halogens is 1. The van der Waals surface area contributed by atoms with Crippen LogP contribution in [0.2, 0.25) is 0 Å². The summed E-state index contributed by atoms with van der Waals surface area (Å²) >= 11 is 3.64. The summed E-state index contributed by atoms with van der Waals surface area (Å²) in [5, 5.41) is 0. The molecule has 0 amide bonds. The van der Waals surface area contributed by atoms with E-state index in [1.807, 2.05) is 12.1 Å². The van der Waals surface area contributed by atoms with Crippen LogP contribution in [0.25, 0.3) is 0 Å². The van der Waals surface area contributed by atoms with E-state index in [0.29, 0.717) is 6.54 Å². The quantitative estimate of drug-likeness (QED) is 0.815. The van der Waals surface area contributed by atoms with E-state index >= 15 is 0 Å². The van der Waals surface area contributed by atoms with Gasteiger partial charge in [0, 0.05) is 23.6 Å². The monoisotopic (exact) mass is 356 g/mol. The molecule has 0 aliphatic heterocycles. The minimum absolute atomic E-state index is 0.173. The van der Waals surface area contributed by atoms with E-state index in [2.05, 4.69) is 34.8 Å². The number of rotatable bonds is 7. The van der Waals surface area contributed by atoms with Crippen molar-refractivity contribution in [2.45, 2.75) is 19.4 Å². The molecule has 1 saturated carbocycles. The Hall–Kier alpha value is -0.780. The zero-order valence-electron chi connectivity index (χ0n) is 13.2. The minimum Gasteiger partial charge on any atom is -0.493 e. The van der Waals surface area contributed by atoms with Crippen LogP contribution in [0.5, 0.6) is 11.5 Å². The van der Waals surface area contributed by atoms with Crippen molar-refractivity contribution < 1.29 is 9.47 Å². The van der Waals surface area contributed by atoms with Gasteiger partial charge in [0.1, 0.15) is 0 Å². The lowest BCUT2D eigenvalue weighted by Crippen LogP contribution is -2.32. The van der Waals surface area contributed by atoms with Crippen LogP contribution in [0, 0.1) is 11.8 Å². The number of hydrogen-bond acceptors (Lipinski definition) is 4. The molecule has 0 spiro atoms. The molecule has 2 rings (SSSR count). The average Bonchev–Trinajstić information content (AvgIpc) is 3.15. The zero-order chi connectivity index (χ0) is 15.6. The van der Waals surface area contributed by atoms with Crippen molar-refractivity contribution in [3.8, 4) is 11.5 Å². The Morgan fingerprint density at radius 3 is 2.38 bits per heavy atom. The minimum atomic E-state index is 0.173. The second-order valence-corrected chi connectivity index (χ2v) is 6.75. The van der Waals surface area contributed by atoms with E-state index in [-0.39, 0.29) is 6.04 Å². The van der Waals surface area contributed by atoms with Crippen LogP contribution in [0.1, 0.15) is 24.9 Å². The molecule has 5 heteroatoms. The highest BCUT2D eigenvalue weighted by Gasteiger charge is 2.34. The maximum absolute atomic E-state index is 6.03. The lowest BCUT2D eigenvalue weighted by Gasteiger charge is -2.29. The maximum atomic E-state index is 6.03. The molecular weight excluding hydrogens is 332 g/mol. The van der Waals surface area contributed by atoms with Crippen LogP contribution < -0.4 is 15.2 Å². The summed E-state index contributed by atoms with van der Waals surface area (Å²) in [5.41, 5.74) is 7.18. The summed E-state index contributed by atoms with van der Waals surface area (Å²) in [4.78, 5) is 2.35. The van der Waals surface area contributed by atoms with Gasteiger partial charge in [-0.25, -0.2) is 0 Å². The fourth-order valence-corrected chi connectivity index (χ4v) is 3.41. The van der Waals surface area contributed by atoms with Gasteiger partial charge in [-0.1, -0.05) is 22.9 Å². The first-order chi connectivity index (χ1) is 10.0. The summed E-state index contributed by atoms with van der Waals surface area (Å²) in [7, 11) is 5.44. The largest absolute Gasteiger partial charge is 0.493 e. The number of nitrogens with two attached hydrogens (primary N) is 1. The first-order valence-corrected chi connectivity index (χ1v) is 8.12. The molecular formula is C16H25BrN2O2. The molecule has 0 bridgehead atoms. The Kier molecular flexibility index (Phi) is 5.52. The van der Waals surface area contributed by atoms with Crippen molar-refractivity contribution in [1.29, 1.82) is 0 Å². The summed E-state index contributed by atoms with van der Waals surface area (Å²) in [6.07, 6.45) is 1.33. The Morgan fingerprint density at radius 1 is 1.33 bits per heavy atom. The van der Waals surface area contributed by atoms with Gasteiger partial charge in [0.05, 0.1) is 14.2 Å². The lowest BCUT2D eigenvalue weighted by atomic mass is 10.0. The Bertz CT molecular complexity index is 495. The molecule has 118 valence electrons. The molecule has 1 fully saturated rings. The van der Waals surface area contributed by atoms with Gasteiger partial charge in [-0.3, -0.25) is 4.90 Å². The molecule has 3 unspecified atom stereocenters. The van der Waals surface area contributed by atoms with Crippen LogP contribution in [-0.4, -0.2) is 39.3 Å². The fraction of sp³-hybridized carbons (Fsp3) is 0.625. The number of ether oxygens (including phenoxy) is 2. The normalized spacial score (nSPS) is 22.2. The van der Waals surface area contributed by atoms with E-state index in [1.54, 1.807) is 14.2 Å².